The normalized spacial score (nSPS) is 25.9. The van der Waals surface area contributed by atoms with Crippen LogP contribution in [0, 0.1) is 11.3 Å². The van der Waals surface area contributed by atoms with E-state index in [0.29, 0.717) is 6.61 Å². The van der Waals surface area contributed by atoms with Crippen LogP contribution in [0.1, 0.15) is 0 Å². The molecule has 1 aliphatic heterocycles. The molecule has 1 unspecified atom stereocenters. The molecule has 8 heavy (non-hydrogen) atoms. The zero-order valence-electron chi connectivity index (χ0n) is 4.26. The molecule has 3 nitrogen and oxygen atoms in total. The zero-order valence-corrected chi connectivity index (χ0v) is 4.26. The molecule has 0 N–H and O–H groups in total. The van der Waals surface area contributed by atoms with Crippen LogP contribution in [0.2, 0.25) is 0 Å². The average Bonchev–Trinajstić information content (AvgIpc) is 2.14. The Bertz CT molecular complexity index is 147. The van der Waals surface area contributed by atoms with Gasteiger partial charge in [0, 0.05) is 0 Å². The van der Waals surface area contributed by atoms with E-state index in [0.717, 1.165) is 0 Å². The fourth-order valence-electron chi connectivity index (χ4n) is 0.459. The van der Waals surface area contributed by atoms with Gasteiger partial charge in [0.05, 0.1) is 0 Å². The molecule has 0 amide bonds. The molecule has 42 valence electrons. The topological polar surface area (TPSA) is 42.2 Å². The van der Waals surface area contributed by atoms with Crippen LogP contribution in [0.3, 0.4) is 0 Å². The summed E-state index contributed by atoms with van der Waals surface area (Å²) in [5.41, 5.74) is 0. The molecule has 0 bridgehead atoms. The Kier molecular flexibility index (Phi) is 1.09. The lowest BCUT2D eigenvalue weighted by atomic mass is 10.4. The van der Waals surface area contributed by atoms with Crippen LogP contribution in [0.4, 0.5) is 0 Å². The molecule has 0 radical (unpaired) electrons. The van der Waals surface area contributed by atoms with Crippen molar-refractivity contribution in [1.29, 1.82) is 5.26 Å². The van der Waals surface area contributed by atoms with Gasteiger partial charge in [0.1, 0.15) is 12.7 Å². The van der Waals surface area contributed by atoms with Gasteiger partial charge in [-0.2, -0.15) is 5.26 Å². The van der Waals surface area contributed by atoms with Crippen molar-refractivity contribution in [2.24, 2.45) is 0 Å². The van der Waals surface area contributed by atoms with Gasteiger partial charge in [-0.25, -0.2) is 0 Å². The van der Waals surface area contributed by atoms with Gasteiger partial charge in [0.2, 0.25) is 6.10 Å². The highest BCUT2D eigenvalue weighted by atomic mass is 16.7. The first kappa shape index (κ1) is 4.98. The first-order valence-electron chi connectivity index (χ1n) is 2.21. The number of hydrogen-bond donors (Lipinski definition) is 0. The summed E-state index contributed by atoms with van der Waals surface area (Å²) in [6, 6.07) is 1.89. The Hall–Kier alpha value is -1.17. The summed E-state index contributed by atoms with van der Waals surface area (Å²) in [6.07, 6.45) is -0.442. The van der Waals surface area contributed by atoms with Gasteiger partial charge in [-0.1, -0.05) is 0 Å². The van der Waals surface area contributed by atoms with Crippen LogP contribution in [-0.2, 0) is 9.47 Å². The largest absolute Gasteiger partial charge is 0.461 e. The average molecular weight is 111 g/mol. The van der Waals surface area contributed by atoms with E-state index < -0.39 is 6.10 Å². The molecule has 0 spiro atoms. The first-order valence-corrected chi connectivity index (χ1v) is 2.21. The van der Waals surface area contributed by atoms with E-state index in [2.05, 4.69) is 6.58 Å². The Balaban J connectivity index is 2.47. The first-order chi connectivity index (χ1) is 3.83. The number of hydrogen-bond acceptors (Lipinski definition) is 3. The minimum Gasteiger partial charge on any atom is -0.461 e. The molecule has 1 saturated heterocycles. The lowest BCUT2D eigenvalue weighted by Crippen LogP contribution is -2.03. The van der Waals surface area contributed by atoms with Crippen molar-refractivity contribution >= 4 is 0 Å². The third kappa shape index (κ3) is 0.733. The maximum Gasteiger partial charge on any atom is 0.273 e. The van der Waals surface area contributed by atoms with Crippen LogP contribution >= 0.6 is 0 Å². The smallest absolute Gasteiger partial charge is 0.273 e. The van der Waals surface area contributed by atoms with Crippen molar-refractivity contribution in [2.75, 3.05) is 6.61 Å². The molecule has 1 aliphatic rings. The lowest BCUT2D eigenvalue weighted by Gasteiger charge is -1.91. The van der Waals surface area contributed by atoms with Gasteiger partial charge in [-0.15, -0.1) is 0 Å². The van der Waals surface area contributed by atoms with Crippen molar-refractivity contribution < 1.29 is 9.47 Å². The lowest BCUT2D eigenvalue weighted by molar-refractivity contribution is 0.164. The van der Waals surface area contributed by atoms with Gasteiger partial charge in [-0.3, -0.25) is 0 Å². The molecule has 1 heterocycles. The molecule has 1 atom stereocenters. The van der Waals surface area contributed by atoms with Crippen molar-refractivity contribution in [3.63, 3.8) is 0 Å². The Morgan fingerprint density at radius 1 is 1.88 bits per heavy atom. The van der Waals surface area contributed by atoms with E-state index in [-0.39, 0.29) is 5.95 Å². The highest BCUT2D eigenvalue weighted by Crippen LogP contribution is 2.10. The molecule has 0 aromatic heterocycles. The highest BCUT2D eigenvalue weighted by molar-refractivity contribution is 4.92. The number of nitriles is 1. The molecular weight excluding hydrogens is 106 g/mol. The predicted octanol–water partition coefficient (Wildman–Crippen LogP) is 0.397. The van der Waals surface area contributed by atoms with Gasteiger partial charge in [-0.05, 0) is 6.58 Å². The molecular formula is C5H5NO2. The van der Waals surface area contributed by atoms with Crippen LogP contribution in [0.5, 0.6) is 0 Å². The van der Waals surface area contributed by atoms with Crippen LogP contribution in [0.25, 0.3) is 0 Å². The summed E-state index contributed by atoms with van der Waals surface area (Å²) in [4.78, 5) is 0. The fourth-order valence-corrected chi connectivity index (χ4v) is 0.459. The third-order valence-corrected chi connectivity index (χ3v) is 0.813. The maximum atomic E-state index is 8.19. The van der Waals surface area contributed by atoms with E-state index in [4.69, 9.17) is 14.7 Å². The minimum atomic E-state index is -0.442. The van der Waals surface area contributed by atoms with Crippen molar-refractivity contribution in [2.45, 2.75) is 6.10 Å². The van der Waals surface area contributed by atoms with Crippen molar-refractivity contribution in [1.82, 2.24) is 0 Å². The Morgan fingerprint density at radius 2 is 2.62 bits per heavy atom. The summed E-state index contributed by atoms with van der Waals surface area (Å²) >= 11 is 0. The quantitative estimate of drug-likeness (QED) is 0.454. The zero-order chi connectivity index (χ0) is 5.98. The summed E-state index contributed by atoms with van der Waals surface area (Å²) in [7, 11) is 0. The SMILES string of the molecule is C=C1OCC(C#N)O1. The van der Waals surface area contributed by atoms with E-state index in [1.807, 2.05) is 6.07 Å². The molecule has 0 saturated carbocycles. The molecule has 0 aliphatic carbocycles. The predicted molar refractivity (Wildman–Crippen MR) is 25.6 cm³/mol. The van der Waals surface area contributed by atoms with Gasteiger partial charge >= 0.3 is 0 Å². The minimum absolute atomic E-state index is 0.247. The Labute approximate surface area is 47.1 Å². The van der Waals surface area contributed by atoms with Crippen LogP contribution in [0.15, 0.2) is 12.5 Å². The fraction of sp³-hybridized carbons (Fsp3) is 0.400. The number of nitrogens with zero attached hydrogens (tertiary/aromatic N) is 1. The second-order valence-electron chi connectivity index (χ2n) is 1.42. The Morgan fingerprint density at radius 3 is 2.88 bits per heavy atom. The molecule has 0 aromatic rings. The molecule has 0 aromatic carbocycles. The number of rotatable bonds is 0. The summed E-state index contributed by atoms with van der Waals surface area (Å²) in [5.74, 6) is 0.247. The van der Waals surface area contributed by atoms with E-state index >= 15 is 0 Å². The van der Waals surface area contributed by atoms with Gasteiger partial charge < -0.3 is 9.47 Å². The van der Waals surface area contributed by atoms with E-state index in [9.17, 15) is 0 Å². The second kappa shape index (κ2) is 1.74. The third-order valence-electron chi connectivity index (χ3n) is 0.813. The molecule has 3 heteroatoms. The summed E-state index contributed by atoms with van der Waals surface area (Å²) < 4.78 is 9.45. The standard InChI is InChI=1S/C5H5NO2/c1-4-7-3-5(2-6)8-4/h5H,1,3H2. The van der Waals surface area contributed by atoms with E-state index in [1.54, 1.807) is 0 Å². The van der Waals surface area contributed by atoms with Gasteiger partial charge in [0.25, 0.3) is 5.95 Å². The van der Waals surface area contributed by atoms with Gasteiger partial charge in [0.15, 0.2) is 0 Å². The number of ether oxygens (including phenoxy) is 2. The van der Waals surface area contributed by atoms with Crippen molar-refractivity contribution in [3.05, 3.63) is 12.5 Å². The molecule has 1 fully saturated rings. The maximum absolute atomic E-state index is 8.19. The van der Waals surface area contributed by atoms with Crippen LogP contribution < -0.4 is 0 Å². The monoisotopic (exact) mass is 111 g/mol. The summed E-state index contributed by atoms with van der Waals surface area (Å²) in [5, 5.41) is 8.19. The van der Waals surface area contributed by atoms with Crippen molar-refractivity contribution in [3.8, 4) is 6.07 Å². The van der Waals surface area contributed by atoms with E-state index in [1.165, 1.54) is 0 Å². The molecule has 1 rings (SSSR count). The van der Waals surface area contributed by atoms with Crippen LogP contribution in [-0.4, -0.2) is 12.7 Å². The highest BCUT2D eigenvalue weighted by Gasteiger charge is 2.18. The second-order valence-corrected chi connectivity index (χ2v) is 1.42. The summed E-state index contributed by atoms with van der Waals surface area (Å²) in [6.45, 7) is 3.67.